The third-order valence-electron chi connectivity index (χ3n) is 11.0. The van der Waals surface area contributed by atoms with Gasteiger partial charge < -0.3 is 38.7 Å². The Kier molecular flexibility index (Phi) is 9.14. The molecule has 9 rings (SSSR count). The van der Waals surface area contributed by atoms with E-state index >= 15 is 0 Å². The summed E-state index contributed by atoms with van der Waals surface area (Å²) in [5, 5.41) is 9.14. The molecule has 0 radical (unpaired) electrons. The second-order valence-electron chi connectivity index (χ2n) is 14.2. The third kappa shape index (κ3) is 5.67. The van der Waals surface area contributed by atoms with Crippen molar-refractivity contribution in [3.63, 3.8) is 0 Å². The monoisotopic (exact) mass is 752 g/mol. The minimum absolute atomic E-state index is 0.0324. The van der Waals surface area contributed by atoms with Crippen LogP contribution < -0.4 is 40.7 Å². The number of pyridine rings is 2. The Hall–Kier alpha value is -6.24. The van der Waals surface area contributed by atoms with Gasteiger partial charge in [0.2, 0.25) is 6.79 Å². The molecule has 0 fully saturated rings. The summed E-state index contributed by atoms with van der Waals surface area (Å²) in [6, 6.07) is 21.7. The number of methoxy groups -OCH3 is 2. The normalized spacial score (nSPS) is 13.3. The van der Waals surface area contributed by atoms with E-state index in [9.17, 15) is 19.2 Å². The second-order valence-corrected chi connectivity index (χ2v) is 14.2. The molecule has 3 heterocycles. The van der Waals surface area contributed by atoms with Crippen LogP contribution in [0.5, 0.6) is 23.0 Å². The average Bonchev–Trinajstić information content (AvgIpc) is 3.90. The Labute approximate surface area is 321 Å². The molecule has 0 unspecified atom stereocenters. The van der Waals surface area contributed by atoms with Gasteiger partial charge in [-0.15, -0.1) is 0 Å². The lowest BCUT2D eigenvalue weighted by atomic mass is 10.0. The van der Waals surface area contributed by atoms with E-state index in [0.29, 0.717) is 104 Å². The Morgan fingerprint density at radius 2 is 1.05 bits per heavy atom. The number of carbonyl (C=O) groups is 2. The van der Waals surface area contributed by atoms with Crippen LogP contribution in [0.25, 0.3) is 44.1 Å². The van der Waals surface area contributed by atoms with Crippen molar-refractivity contribution in [2.75, 3.05) is 47.2 Å². The summed E-state index contributed by atoms with van der Waals surface area (Å²) in [5.74, 6) is 1.68. The molecule has 2 aromatic heterocycles. The van der Waals surface area contributed by atoms with E-state index in [0.717, 1.165) is 43.7 Å². The molecule has 12 nitrogen and oxygen atoms in total. The number of benzene rings is 4. The van der Waals surface area contributed by atoms with Crippen LogP contribution in [-0.4, -0.2) is 67.9 Å². The van der Waals surface area contributed by atoms with Gasteiger partial charge in [-0.1, -0.05) is 42.5 Å². The van der Waals surface area contributed by atoms with Crippen molar-refractivity contribution in [1.29, 1.82) is 0 Å². The number of hydrogen-bond donors (Lipinski definition) is 2. The zero-order chi connectivity index (χ0) is 38.5. The SMILES string of the molecule is COc1cc2c3c(n(CCCNCCCNCCCn4c5c(c6ccccc6c4=O)C(=O)c4ccccc4-5)c(=O)c2cc1OC)-c1cc2c(cc1C3=O)OCO2. The summed E-state index contributed by atoms with van der Waals surface area (Å²) in [6.45, 7) is 3.92. The molecular formula is C44H40N4O8. The zero-order valence-electron chi connectivity index (χ0n) is 31.2. The number of nitrogens with one attached hydrogen (secondary N) is 2. The van der Waals surface area contributed by atoms with Gasteiger partial charge in [0.05, 0.1) is 42.1 Å². The Morgan fingerprint density at radius 1 is 0.554 bits per heavy atom. The predicted molar refractivity (Wildman–Crippen MR) is 213 cm³/mol. The molecule has 56 heavy (non-hydrogen) atoms. The molecule has 6 aromatic rings. The Bertz CT molecular complexity index is 2730. The van der Waals surface area contributed by atoms with Crippen molar-refractivity contribution in [2.24, 2.45) is 0 Å². The third-order valence-corrected chi connectivity index (χ3v) is 11.0. The molecule has 284 valence electrons. The van der Waals surface area contributed by atoms with Crippen LogP contribution in [0.3, 0.4) is 0 Å². The summed E-state index contributed by atoms with van der Waals surface area (Å²) in [4.78, 5) is 55.2. The Balaban J connectivity index is 0.827. The lowest BCUT2D eigenvalue weighted by Gasteiger charge is -2.17. The molecule has 0 bridgehead atoms. The molecule has 12 heteroatoms. The molecule has 1 aliphatic heterocycles. The van der Waals surface area contributed by atoms with Gasteiger partial charge in [0.15, 0.2) is 34.6 Å². The minimum Gasteiger partial charge on any atom is -0.493 e. The first-order valence-electron chi connectivity index (χ1n) is 18.9. The van der Waals surface area contributed by atoms with E-state index in [2.05, 4.69) is 10.6 Å². The molecule has 0 spiro atoms. The van der Waals surface area contributed by atoms with Crippen LogP contribution in [0.4, 0.5) is 0 Å². The fraction of sp³-hybridized carbons (Fsp3) is 0.273. The molecular weight excluding hydrogens is 713 g/mol. The number of ether oxygens (including phenoxy) is 4. The van der Waals surface area contributed by atoms with E-state index in [1.165, 1.54) is 14.2 Å². The molecule has 0 saturated carbocycles. The number of aromatic nitrogens is 2. The topological polar surface area (TPSA) is 139 Å². The minimum atomic E-state index is -0.214. The maximum Gasteiger partial charge on any atom is 0.259 e. The van der Waals surface area contributed by atoms with Crippen LogP contribution >= 0.6 is 0 Å². The summed E-state index contributed by atoms with van der Waals surface area (Å²) in [7, 11) is 3.04. The number of fused-ring (bicyclic) bond motifs is 11. The maximum absolute atomic E-state index is 14.1. The molecule has 2 aliphatic carbocycles. The highest BCUT2D eigenvalue weighted by Gasteiger charge is 2.36. The van der Waals surface area contributed by atoms with Crippen LogP contribution in [0.1, 0.15) is 51.1 Å². The van der Waals surface area contributed by atoms with E-state index in [1.807, 2.05) is 42.5 Å². The molecule has 0 atom stereocenters. The van der Waals surface area contributed by atoms with Crippen molar-refractivity contribution < 1.29 is 28.5 Å². The highest BCUT2D eigenvalue weighted by molar-refractivity contribution is 6.28. The summed E-state index contributed by atoms with van der Waals surface area (Å²) in [5.41, 5.74) is 4.64. The van der Waals surface area contributed by atoms with Crippen molar-refractivity contribution in [3.8, 4) is 45.5 Å². The van der Waals surface area contributed by atoms with Gasteiger partial charge in [-0.05, 0) is 75.8 Å². The summed E-state index contributed by atoms with van der Waals surface area (Å²) in [6.07, 6.45) is 2.27. The highest BCUT2D eigenvalue weighted by atomic mass is 16.7. The zero-order valence-corrected chi connectivity index (χ0v) is 31.2. The van der Waals surface area contributed by atoms with Crippen molar-refractivity contribution in [1.82, 2.24) is 19.8 Å². The lowest BCUT2D eigenvalue weighted by Crippen LogP contribution is -2.28. The number of nitrogens with zero attached hydrogens (tertiary/aromatic N) is 2. The second kappa shape index (κ2) is 14.4. The first-order valence-corrected chi connectivity index (χ1v) is 18.9. The first kappa shape index (κ1) is 35.5. The van der Waals surface area contributed by atoms with Gasteiger partial charge in [0.25, 0.3) is 11.1 Å². The smallest absolute Gasteiger partial charge is 0.259 e. The van der Waals surface area contributed by atoms with Crippen molar-refractivity contribution in [3.05, 3.63) is 116 Å². The fourth-order valence-electron chi connectivity index (χ4n) is 8.41. The lowest BCUT2D eigenvalue weighted by molar-refractivity contribution is 0.103. The molecule has 0 amide bonds. The van der Waals surface area contributed by atoms with Gasteiger partial charge in [-0.3, -0.25) is 19.2 Å². The molecule has 3 aliphatic rings. The quantitative estimate of drug-likeness (QED) is 0.136. The highest BCUT2D eigenvalue weighted by Crippen LogP contribution is 2.47. The first-order chi connectivity index (χ1) is 27.4. The summed E-state index contributed by atoms with van der Waals surface area (Å²) >= 11 is 0. The number of rotatable bonds is 14. The van der Waals surface area contributed by atoms with Crippen molar-refractivity contribution in [2.45, 2.75) is 32.4 Å². The standard InChI is InChI=1S/C44H40N4O8/c1-53-33-20-29-32(23-34(33)54-2)44(52)48(40-30-21-35-36(56-24-55-35)22-31(30)42(50)38(29)40)19-9-17-46-15-7-14-45-16-8-18-47-39-26-11-4-5-12-27(26)41(49)37(39)25-10-3-6-13-28(25)43(47)51/h3-6,10-13,20-23,45-46H,7-9,14-19,24H2,1-2H3. The van der Waals surface area contributed by atoms with Gasteiger partial charge >= 0.3 is 0 Å². The fourth-order valence-corrected chi connectivity index (χ4v) is 8.41. The maximum atomic E-state index is 14.1. The van der Waals surface area contributed by atoms with Gasteiger partial charge in [0.1, 0.15) is 0 Å². The molecule has 0 saturated heterocycles. The van der Waals surface area contributed by atoms with Crippen molar-refractivity contribution >= 4 is 33.1 Å². The number of carbonyl (C=O) groups excluding carboxylic acids is 2. The number of ketones is 2. The van der Waals surface area contributed by atoms with Crippen LogP contribution in [-0.2, 0) is 13.1 Å². The van der Waals surface area contributed by atoms with Crippen LogP contribution in [0, 0.1) is 0 Å². The van der Waals surface area contributed by atoms with E-state index < -0.39 is 0 Å². The number of hydrogen-bond acceptors (Lipinski definition) is 10. The van der Waals surface area contributed by atoms with E-state index in [4.69, 9.17) is 18.9 Å². The molecule has 2 N–H and O–H groups in total. The largest absolute Gasteiger partial charge is 0.493 e. The predicted octanol–water partition coefficient (Wildman–Crippen LogP) is 5.53. The molecule has 4 aromatic carbocycles. The van der Waals surface area contributed by atoms with Crippen LogP contribution in [0.2, 0.25) is 0 Å². The van der Waals surface area contributed by atoms with Gasteiger partial charge in [0, 0.05) is 51.5 Å². The Morgan fingerprint density at radius 3 is 1.71 bits per heavy atom. The average molecular weight is 753 g/mol. The summed E-state index contributed by atoms with van der Waals surface area (Å²) < 4.78 is 25.7. The van der Waals surface area contributed by atoms with E-state index in [1.54, 1.807) is 39.5 Å². The van der Waals surface area contributed by atoms with Crippen LogP contribution in [0.15, 0.2) is 82.4 Å². The van der Waals surface area contributed by atoms with Gasteiger partial charge in [-0.2, -0.15) is 0 Å². The van der Waals surface area contributed by atoms with Gasteiger partial charge in [-0.25, -0.2) is 0 Å². The van der Waals surface area contributed by atoms with E-state index in [-0.39, 0.29) is 29.5 Å².